The van der Waals surface area contributed by atoms with E-state index in [1.807, 2.05) is 37.3 Å². The second kappa shape index (κ2) is 6.16. The molecule has 1 aliphatic heterocycles. The summed E-state index contributed by atoms with van der Waals surface area (Å²) >= 11 is 0. The van der Waals surface area contributed by atoms with Crippen molar-refractivity contribution >= 4 is 12.0 Å². The third-order valence-corrected chi connectivity index (χ3v) is 4.20. The Hall–Kier alpha value is -2.04. The van der Waals surface area contributed by atoms with E-state index < -0.39 is 11.5 Å². The van der Waals surface area contributed by atoms with Crippen LogP contribution in [0, 0.1) is 0 Å². The topological polar surface area (TPSA) is 60.9 Å². The molecule has 5 heteroatoms. The third kappa shape index (κ3) is 3.01. The van der Waals surface area contributed by atoms with Crippen LogP contribution in [-0.2, 0) is 11.3 Å². The maximum Gasteiger partial charge on any atom is 0.329 e. The summed E-state index contributed by atoms with van der Waals surface area (Å²) in [6.45, 7) is 5.11. The maximum absolute atomic E-state index is 12.7. The number of carboxylic acids is 1. The number of benzene rings is 1. The van der Waals surface area contributed by atoms with Crippen molar-refractivity contribution in [3.8, 4) is 0 Å². The summed E-state index contributed by atoms with van der Waals surface area (Å²) < 4.78 is 0. The molecule has 1 fully saturated rings. The molecule has 5 nitrogen and oxygen atoms in total. The SMILES string of the molecule is CCN(Cc1ccccc1)C(=O)N1CCCC1(C)C(=O)O. The van der Waals surface area contributed by atoms with Crippen LogP contribution in [0.4, 0.5) is 4.79 Å². The highest BCUT2D eigenvalue weighted by Crippen LogP contribution is 2.30. The predicted molar refractivity (Wildman–Crippen MR) is 79.9 cm³/mol. The molecular formula is C16H22N2O3. The van der Waals surface area contributed by atoms with Crippen LogP contribution in [0.5, 0.6) is 0 Å². The number of likely N-dealkylation sites (tertiary alicyclic amines) is 1. The molecule has 1 unspecified atom stereocenters. The van der Waals surface area contributed by atoms with Crippen molar-refractivity contribution in [2.45, 2.75) is 38.8 Å². The number of hydrogen-bond acceptors (Lipinski definition) is 2. The Labute approximate surface area is 125 Å². The molecule has 1 aliphatic rings. The number of hydrogen-bond donors (Lipinski definition) is 1. The first kappa shape index (κ1) is 15.4. The minimum atomic E-state index is -1.08. The lowest BCUT2D eigenvalue weighted by atomic mass is 10.00. The van der Waals surface area contributed by atoms with Crippen LogP contribution in [0.25, 0.3) is 0 Å². The molecule has 0 bridgehead atoms. The van der Waals surface area contributed by atoms with E-state index in [0.717, 1.165) is 12.0 Å². The van der Waals surface area contributed by atoms with E-state index in [9.17, 15) is 14.7 Å². The van der Waals surface area contributed by atoms with Gasteiger partial charge in [-0.05, 0) is 32.3 Å². The molecule has 1 aromatic carbocycles. The van der Waals surface area contributed by atoms with Crippen LogP contribution in [0.2, 0.25) is 0 Å². The number of aliphatic carboxylic acids is 1. The van der Waals surface area contributed by atoms with Gasteiger partial charge in [0.15, 0.2) is 0 Å². The molecule has 1 aromatic rings. The molecule has 0 saturated carbocycles. The number of amides is 2. The van der Waals surface area contributed by atoms with Crippen molar-refractivity contribution < 1.29 is 14.7 Å². The Morgan fingerprint density at radius 3 is 2.57 bits per heavy atom. The van der Waals surface area contributed by atoms with Crippen LogP contribution in [0.1, 0.15) is 32.3 Å². The van der Waals surface area contributed by atoms with E-state index >= 15 is 0 Å². The molecule has 114 valence electrons. The first-order chi connectivity index (χ1) is 9.99. The summed E-state index contributed by atoms with van der Waals surface area (Å²) in [5.41, 5.74) is -0.0369. The van der Waals surface area contributed by atoms with E-state index in [1.165, 1.54) is 4.90 Å². The average Bonchev–Trinajstić information content (AvgIpc) is 2.88. The molecule has 1 atom stereocenters. The molecule has 0 aromatic heterocycles. The second-order valence-corrected chi connectivity index (χ2v) is 5.62. The van der Waals surface area contributed by atoms with Crippen molar-refractivity contribution in [1.29, 1.82) is 0 Å². The van der Waals surface area contributed by atoms with Gasteiger partial charge in [0.1, 0.15) is 5.54 Å². The van der Waals surface area contributed by atoms with Crippen LogP contribution in [-0.4, -0.2) is 45.5 Å². The standard InChI is InChI=1S/C16H22N2O3/c1-3-17(12-13-8-5-4-6-9-13)15(21)18-11-7-10-16(18,2)14(19)20/h4-6,8-9H,3,7,10-12H2,1-2H3,(H,19,20). The number of carbonyl (C=O) groups excluding carboxylic acids is 1. The monoisotopic (exact) mass is 290 g/mol. The van der Waals surface area contributed by atoms with Gasteiger partial charge in [0.2, 0.25) is 0 Å². The van der Waals surface area contributed by atoms with Gasteiger partial charge in [-0.3, -0.25) is 0 Å². The minimum Gasteiger partial charge on any atom is -0.480 e. The fourth-order valence-electron chi connectivity index (χ4n) is 2.78. The zero-order valence-electron chi connectivity index (χ0n) is 12.6. The third-order valence-electron chi connectivity index (χ3n) is 4.20. The van der Waals surface area contributed by atoms with Crippen LogP contribution < -0.4 is 0 Å². The van der Waals surface area contributed by atoms with E-state index in [4.69, 9.17) is 0 Å². The highest BCUT2D eigenvalue weighted by molar-refractivity contribution is 5.86. The van der Waals surface area contributed by atoms with Gasteiger partial charge in [-0.1, -0.05) is 30.3 Å². The number of carbonyl (C=O) groups is 2. The van der Waals surface area contributed by atoms with Crippen molar-refractivity contribution in [2.24, 2.45) is 0 Å². The van der Waals surface area contributed by atoms with E-state index in [2.05, 4.69) is 0 Å². The van der Waals surface area contributed by atoms with Crippen LogP contribution in [0.15, 0.2) is 30.3 Å². The Kier molecular flexibility index (Phi) is 4.50. The predicted octanol–water partition coefficient (Wildman–Crippen LogP) is 2.57. The quantitative estimate of drug-likeness (QED) is 0.927. The van der Waals surface area contributed by atoms with Gasteiger partial charge < -0.3 is 14.9 Å². The van der Waals surface area contributed by atoms with Gasteiger partial charge in [-0.2, -0.15) is 0 Å². The van der Waals surface area contributed by atoms with E-state index in [0.29, 0.717) is 26.1 Å². The van der Waals surface area contributed by atoms with Gasteiger partial charge in [0.25, 0.3) is 0 Å². The lowest BCUT2D eigenvalue weighted by Crippen LogP contribution is -2.54. The summed E-state index contributed by atoms with van der Waals surface area (Å²) in [5, 5.41) is 9.42. The normalized spacial score (nSPS) is 21.3. The van der Waals surface area contributed by atoms with E-state index in [1.54, 1.807) is 11.8 Å². The number of carboxylic acid groups (broad SMARTS) is 1. The van der Waals surface area contributed by atoms with Gasteiger partial charge in [0.05, 0.1) is 0 Å². The van der Waals surface area contributed by atoms with Gasteiger partial charge in [0, 0.05) is 19.6 Å². The first-order valence-electron chi connectivity index (χ1n) is 7.33. The molecule has 1 saturated heterocycles. The Balaban J connectivity index is 2.15. The lowest BCUT2D eigenvalue weighted by molar-refractivity contribution is -0.147. The smallest absolute Gasteiger partial charge is 0.329 e. The number of nitrogens with zero attached hydrogens (tertiary/aromatic N) is 2. The molecule has 2 amide bonds. The van der Waals surface area contributed by atoms with Crippen molar-refractivity contribution in [2.75, 3.05) is 13.1 Å². The van der Waals surface area contributed by atoms with Crippen LogP contribution in [0.3, 0.4) is 0 Å². The maximum atomic E-state index is 12.7. The molecular weight excluding hydrogens is 268 g/mol. The van der Waals surface area contributed by atoms with Gasteiger partial charge >= 0.3 is 12.0 Å². The first-order valence-corrected chi connectivity index (χ1v) is 7.33. The molecule has 0 aliphatic carbocycles. The minimum absolute atomic E-state index is 0.191. The van der Waals surface area contributed by atoms with Crippen molar-refractivity contribution in [3.63, 3.8) is 0 Å². The Morgan fingerprint density at radius 1 is 1.33 bits per heavy atom. The zero-order valence-corrected chi connectivity index (χ0v) is 12.6. The summed E-state index contributed by atoms with van der Waals surface area (Å²) in [4.78, 5) is 27.4. The number of urea groups is 1. The molecule has 0 radical (unpaired) electrons. The zero-order chi connectivity index (χ0) is 15.5. The lowest BCUT2D eigenvalue weighted by Gasteiger charge is -2.35. The Morgan fingerprint density at radius 2 is 2.00 bits per heavy atom. The van der Waals surface area contributed by atoms with Crippen molar-refractivity contribution in [3.05, 3.63) is 35.9 Å². The molecule has 2 rings (SSSR count). The van der Waals surface area contributed by atoms with Crippen LogP contribution >= 0.6 is 0 Å². The fourth-order valence-corrected chi connectivity index (χ4v) is 2.78. The summed E-state index contributed by atoms with van der Waals surface area (Å²) in [6.07, 6.45) is 1.24. The summed E-state index contributed by atoms with van der Waals surface area (Å²) in [6, 6.07) is 9.55. The summed E-state index contributed by atoms with van der Waals surface area (Å²) in [7, 11) is 0. The average molecular weight is 290 g/mol. The largest absolute Gasteiger partial charge is 0.480 e. The summed E-state index contributed by atoms with van der Waals surface area (Å²) in [5.74, 6) is -0.927. The second-order valence-electron chi connectivity index (χ2n) is 5.62. The Bertz CT molecular complexity index is 518. The molecule has 21 heavy (non-hydrogen) atoms. The number of rotatable bonds is 4. The van der Waals surface area contributed by atoms with Gasteiger partial charge in [-0.25, -0.2) is 9.59 Å². The molecule has 1 N–H and O–H groups in total. The molecule has 1 heterocycles. The highest BCUT2D eigenvalue weighted by Gasteiger charge is 2.46. The highest BCUT2D eigenvalue weighted by atomic mass is 16.4. The van der Waals surface area contributed by atoms with Gasteiger partial charge in [-0.15, -0.1) is 0 Å². The molecule has 0 spiro atoms. The van der Waals surface area contributed by atoms with E-state index in [-0.39, 0.29) is 6.03 Å². The fraction of sp³-hybridized carbons (Fsp3) is 0.500. The van der Waals surface area contributed by atoms with Crippen molar-refractivity contribution in [1.82, 2.24) is 9.80 Å².